The number of nitrogens with one attached hydrogen (secondary N) is 1. The molecule has 6 nitrogen and oxygen atoms in total. The van der Waals surface area contributed by atoms with Crippen molar-refractivity contribution in [3.05, 3.63) is 0 Å². The molecule has 7 heteroatoms. The van der Waals surface area contributed by atoms with E-state index in [1.54, 1.807) is 7.11 Å². The number of hydrogen-bond donors (Lipinski definition) is 1. The van der Waals surface area contributed by atoms with E-state index in [1.807, 2.05) is 7.05 Å². The van der Waals surface area contributed by atoms with Crippen molar-refractivity contribution in [2.24, 2.45) is 10.4 Å². The number of ether oxygens (including phenoxy) is 2. The van der Waals surface area contributed by atoms with E-state index in [0.29, 0.717) is 11.5 Å². The minimum absolute atomic E-state index is 0. The average Bonchev–Trinajstić information content (AvgIpc) is 3.29. The van der Waals surface area contributed by atoms with Crippen LogP contribution in [0.4, 0.5) is 0 Å². The number of guanidine groups is 1. The van der Waals surface area contributed by atoms with Crippen LogP contribution in [0.5, 0.6) is 0 Å². The minimum atomic E-state index is 0. The van der Waals surface area contributed by atoms with Gasteiger partial charge in [0.05, 0.1) is 13.2 Å². The van der Waals surface area contributed by atoms with Gasteiger partial charge in [0.2, 0.25) is 0 Å². The van der Waals surface area contributed by atoms with Gasteiger partial charge >= 0.3 is 0 Å². The van der Waals surface area contributed by atoms with Crippen molar-refractivity contribution in [1.29, 1.82) is 0 Å². The van der Waals surface area contributed by atoms with Crippen LogP contribution in [0.1, 0.15) is 25.7 Å². The lowest BCUT2D eigenvalue weighted by Gasteiger charge is -2.28. The smallest absolute Gasteiger partial charge is 0.193 e. The van der Waals surface area contributed by atoms with E-state index in [1.165, 1.54) is 32.2 Å². The highest BCUT2D eigenvalue weighted by Gasteiger charge is 2.42. The molecule has 3 aliphatic rings. The van der Waals surface area contributed by atoms with Crippen LogP contribution >= 0.6 is 24.0 Å². The van der Waals surface area contributed by atoms with E-state index in [9.17, 15) is 0 Å². The highest BCUT2D eigenvalue weighted by Crippen LogP contribution is 2.38. The summed E-state index contributed by atoms with van der Waals surface area (Å²) < 4.78 is 10.9. The number of methoxy groups -OCH3 is 1. The second-order valence-electron chi connectivity index (χ2n) is 7.23. The summed E-state index contributed by atoms with van der Waals surface area (Å²) in [6.07, 6.45) is 5.00. The van der Waals surface area contributed by atoms with E-state index in [2.05, 4.69) is 20.1 Å². The third-order valence-electron chi connectivity index (χ3n) is 5.71. The molecule has 24 heavy (non-hydrogen) atoms. The zero-order valence-electron chi connectivity index (χ0n) is 15.1. The second kappa shape index (κ2) is 9.54. The Bertz CT molecular complexity index is 415. The Balaban J connectivity index is 0.00000208. The Labute approximate surface area is 163 Å². The van der Waals surface area contributed by atoms with Crippen LogP contribution in [-0.4, -0.2) is 88.5 Å². The van der Waals surface area contributed by atoms with Crippen molar-refractivity contribution in [2.45, 2.75) is 31.7 Å². The van der Waals surface area contributed by atoms with Gasteiger partial charge in [0.1, 0.15) is 0 Å². The van der Waals surface area contributed by atoms with Gasteiger partial charge in [0.25, 0.3) is 0 Å². The molecule has 0 aromatic carbocycles. The zero-order valence-corrected chi connectivity index (χ0v) is 17.5. The zero-order chi connectivity index (χ0) is 16.1. The number of likely N-dealkylation sites (tertiary alicyclic amines) is 2. The molecule has 0 aromatic rings. The summed E-state index contributed by atoms with van der Waals surface area (Å²) >= 11 is 0. The Morgan fingerprint density at radius 2 is 2.25 bits per heavy atom. The van der Waals surface area contributed by atoms with E-state index in [0.717, 1.165) is 52.0 Å². The fraction of sp³-hybridized carbons (Fsp3) is 0.941. The van der Waals surface area contributed by atoms with Crippen molar-refractivity contribution in [3.63, 3.8) is 0 Å². The first-order chi connectivity index (χ1) is 11.3. The highest BCUT2D eigenvalue weighted by molar-refractivity contribution is 14.0. The first kappa shape index (κ1) is 20.2. The lowest BCUT2D eigenvalue weighted by molar-refractivity contribution is 0.141. The monoisotopic (exact) mass is 452 g/mol. The third-order valence-corrected chi connectivity index (χ3v) is 5.71. The van der Waals surface area contributed by atoms with Crippen molar-refractivity contribution in [3.8, 4) is 0 Å². The van der Waals surface area contributed by atoms with Crippen molar-refractivity contribution in [1.82, 2.24) is 15.1 Å². The van der Waals surface area contributed by atoms with E-state index < -0.39 is 0 Å². The summed E-state index contributed by atoms with van der Waals surface area (Å²) in [5.74, 6) is 1.06. The number of hydrogen-bond acceptors (Lipinski definition) is 4. The quantitative estimate of drug-likeness (QED) is 0.389. The minimum Gasteiger partial charge on any atom is -0.383 e. The molecule has 2 atom stereocenters. The number of aliphatic imine (C=N–C) groups is 1. The summed E-state index contributed by atoms with van der Waals surface area (Å²) in [6.45, 7) is 8.07. The van der Waals surface area contributed by atoms with Crippen molar-refractivity contribution >= 4 is 29.9 Å². The maximum atomic E-state index is 5.63. The SMILES string of the molecule is CN=C(NCC1CCCN1CCOC)N1CCC2(CCOC2)C1.I. The summed E-state index contributed by atoms with van der Waals surface area (Å²) in [6, 6.07) is 0.605. The molecular weight excluding hydrogens is 419 g/mol. The maximum Gasteiger partial charge on any atom is 0.193 e. The van der Waals surface area contributed by atoms with Gasteiger partial charge in [-0.15, -0.1) is 24.0 Å². The largest absolute Gasteiger partial charge is 0.383 e. The standard InChI is InChI=1S/C17H32N4O2.HI/c1-18-16(21-8-5-17(13-21)6-10-23-14-17)19-12-15-4-3-7-20(15)9-11-22-2;/h15H,3-14H2,1-2H3,(H,18,19);1H. The average molecular weight is 452 g/mol. The summed E-state index contributed by atoms with van der Waals surface area (Å²) in [5.41, 5.74) is 0.384. The van der Waals surface area contributed by atoms with Crippen LogP contribution in [0.25, 0.3) is 0 Å². The van der Waals surface area contributed by atoms with Crippen LogP contribution in [0.3, 0.4) is 0 Å². The van der Waals surface area contributed by atoms with Crippen molar-refractivity contribution in [2.75, 3.05) is 66.7 Å². The van der Waals surface area contributed by atoms with Crippen molar-refractivity contribution < 1.29 is 9.47 Å². The fourth-order valence-electron chi connectivity index (χ4n) is 4.26. The number of halogens is 1. The predicted octanol–water partition coefficient (Wildman–Crippen LogP) is 1.40. The Morgan fingerprint density at radius 3 is 2.96 bits per heavy atom. The molecule has 0 bridgehead atoms. The topological polar surface area (TPSA) is 49.3 Å². The molecule has 3 fully saturated rings. The van der Waals surface area contributed by atoms with Crippen LogP contribution in [0.15, 0.2) is 4.99 Å². The Kier molecular flexibility index (Phi) is 8.03. The van der Waals surface area contributed by atoms with Gasteiger partial charge < -0.3 is 19.7 Å². The Morgan fingerprint density at radius 1 is 1.38 bits per heavy atom. The molecule has 0 aromatic heterocycles. The molecule has 3 aliphatic heterocycles. The number of nitrogens with zero attached hydrogens (tertiary/aromatic N) is 3. The van der Waals surface area contributed by atoms with Crippen LogP contribution < -0.4 is 5.32 Å². The van der Waals surface area contributed by atoms with Gasteiger partial charge in [0, 0.05) is 58.4 Å². The van der Waals surface area contributed by atoms with Gasteiger partial charge in [0.15, 0.2) is 5.96 Å². The normalized spacial score (nSPS) is 31.0. The lowest BCUT2D eigenvalue weighted by Crippen LogP contribution is -2.47. The molecule has 1 N–H and O–H groups in total. The molecule has 0 amide bonds. The van der Waals surface area contributed by atoms with Gasteiger partial charge in [-0.3, -0.25) is 9.89 Å². The molecule has 0 saturated carbocycles. The Hall–Kier alpha value is -0.120. The molecule has 3 saturated heterocycles. The molecule has 3 heterocycles. The van der Waals surface area contributed by atoms with Crippen LogP contribution in [0, 0.1) is 5.41 Å². The maximum absolute atomic E-state index is 5.63. The number of rotatable bonds is 5. The molecule has 1 spiro atoms. The van der Waals surface area contributed by atoms with Gasteiger partial charge in [-0.2, -0.15) is 0 Å². The third kappa shape index (κ3) is 4.74. The molecule has 0 aliphatic carbocycles. The van der Waals surface area contributed by atoms with Gasteiger partial charge in [-0.25, -0.2) is 0 Å². The summed E-state index contributed by atoms with van der Waals surface area (Å²) in [4.78, 5) is 9.48. The molecular formula is C17H33IN4O2. The second-order valence-corrected chi connectivity index (χ2v) is 7.23. The van der Waals surface area contributed by atoms with Crippen LogP contribution in [-0.2, 0) is 9.47 Å². The van der Waals surface area contributed by atoms with Gasteiger partial charge in [-0.05, 0) is 32.2 Å². The molecule has 3 rings (SSSR count). The molecule has 2 unspecified atom stereocenters. The molecule has 0 radical (unpaired) electrons. The van der Waals surface area contributed by atoms with E-state index in [-0.39, 0.29) is 24.0 Å². The van der Waals surface area contributed by atoms with Gasteiger partial charge in [-0.1, -0.05) is 0 Å². The van der Waals surface area contributed by atoms with E-state index >= 15 is 0 Å². The lowest BCUT2D eigenvalue weighted by atomic mass is 9.87. The summed E-state index contributed by atoms with van der Waals surface area (Å²) in [5, 5.41) is 3.62. The first-order valence-electron chi connectivity index (χ1n) is 9.03. The van der Waals surface area contributed by atoms with Crippen LogP contribution in [0.2, 0.25) is 0 Å². The first-order valence-corrected chi connectivity index (χ1v) is 9.03. The molecule has 140 valence electrons. The fourth-order valence-corrected chi connectivity index (χ4v) is 4.26. The summed E-state index contributed by atoms with van der Waals surface area (Å²) in [7, 11) is 3.68. The highest BCUT2D eigenvalue weighted by atomic mass is 127. The predicted molar refractivity (Wildman–Crippen MR) is 107 cm³/mol. The van der Waals surface area contributed by atoms with E-state index in [4.69, 9.17) is 9.47 Å².